The van der Waals surface area contributed by atoms with Gasteiger partial charge in [-0.15, -0.1) is 0 Å². The molecule has 21 heavy (non-hydrogen) atoms. The Hall–Kier alpha value is -1.10. The Bertz CT molecular complexity index is 389. The Kier molecular flexibility index (Phi) is 5.25. The van der Waals surface area contributed by atoms with Crippen LogP contribution in [0.1, 0.15) is 52.9 Å². The number of nitrogens with one attached hydrogen (secondary N) is 1. The van der Waals surface area contributed by atoms with Gasteiger partial charge in [-0.3, -0.25) is 9.59 Å². The van der Waals surface area contributed by atoms with E-state index in [1.165, 1.54) is 0 Å². The van der Waals surface area contributed by atoms with Crippen LogP contribution in [0.3, 0.4) is 0 Å². The van der Waals surface area contributed by atoms with E-state index in [9.17, 15) is 9.59 Å². The van der Waals surface area contributed by atoms with Crippen LogP contribution < -0.4 is 5.32 Å². The molecule has 0 radical (unpaired) electrons. The lowest BCUT2D eigenvalue weighted by molar-refractivity contribution is -0.157. The van der Waals surface area contributed by atoms with Crippen molar-refractivity contribution in [1.82, 2.24) is 10.2 Å². The monoisotopic (exact) mass is 296 g/mol. The summed E-state index contributed by atoms with van der Waals surface area (Å²) in [4.78, 5) is 26.7. The third kappa shape index (κ3) is 3.39. The smallest absolute Gasteiger partial charge is 0.246 e. The largest absolute Gasteiger partial charge is 0.380 e. The van der Waals surface area contributed by atoms with Gasteiger partial charge in [-0.05, 0) is 32.1 Å². The average Bonchev–Trinajstić information content (AvgIpc) is 2.90. The highest BCUT2D eigenvalue weighted by Gasteiger charge is 2.52. The minimum absolute atomic E-state index is 0.0225. The summed E-state index contributed by atoms with van der Waals surface area (Å²) in [6.45, 7) is 7.84. The van der Waals surface area contributed by atoms with Crippen LogP contribution in [-0.4, -0.2) is 48.1 Å². The van der Waals surface area contributed by atoms with Crippen molar-refractivity contribution in [3.63, 3.8) is 0 Å². The summed E-state index contributed by atoms with van der Waals surface area (Å²) in [7, 11) is 0. The lowest BCUT2D eigenvalue weighted by Crippen LogP contribution is -2.69. The second-order valence-corrected chi connectivity index (χ2v) is 6.72. The van der Waals surface area contributed by atoms with Crippen LogP contribution >= 0.6 is 0 Å². The molecule has 1 unspecified atom stereocenters. The van der Waals surface area contributed by atoms with Gasteiger partial charge in [-0.2, -0.15) is 0 Å². The molecular formula is C16H28N2O3. The van der Waals surface area contributed by atoms with Crippen molar-refractivity contribution in [3.05, 3.63) is 0 Å². The second kappa shape index (κ2) is 6.77. The molecule has 120 valence electrons. The number of carbonyl (C=O) groups is 2. The van der Waals surface area contributed by atoms with Gasteiger partial charge in [-0.25, -0.2) is 0 Å². The number of hydrogen-bond donors (Lipinski definition) is 1. The lowest BCUT2D eigenvalue weighted by Gasteiger charge is -2.45. The number of ether oxygens (including phenoxy) is 1. The maximum absolute atomic E-state index is 12.5. The zero-order chi connectivity index (χ0) is 15.5. The first-order valence-corrected chi connectivity index (χ1v) is 8.17. The quantitative estimate of drug-likeness (QED) is 0.759. The number of hydrogen-bond acceptors (Lipinski definition) is 3. The summed E-state index contributed by atoms with van der Waals surface area (Å²) in [6.07, 6.45) is 4.61. The Morgan fingerprint density at radius 3 is 2.57 bits per heavy atom. The van der Waals surface area contributed by atoms with Gasteiger partial charge in [0.2, 0.25) is 11.8 Å². The summed E-state index contributed by atoms with van der Waals surface area (Å²) in [5.74, 6) is 0.673. The van der Waals surface area contributed by atoms with Crippen molar-refractivity contribution in [1.29, 1.82) is 0 Å². The standard InChI is InChI=1S/C16H28N2O3/c1-12(2)6-10-21-11-9-18-14(19)13(3)17-15(20)16(18)7-4-5-8-16/h12-13H,4-11H2,1-3H3,(H,17,20). The van der Waals surface area contributed by atoms with Crippen molar-refractivity contribution in [2.45, 2.75) is 64.5 Å². The zero-order valence-electron chi connectivity index (χ0n) is 13.5. The Morgan fingerprint density at radius 1 is 1.29 bits per heavy atom. The van der Waals surface area contributed by atoms with E-state index in [0.717, 1.165) is 32.1 Å². The number of amides is 2. The SMILES string of the molecule is CC(C)CCOCCN1C(=O)C(C)NC(=O)C12CCCC2. The minimum Gasteiger partial charge on any atom is -0.380 e. The molecule has 2 fully saturated rings. The third-order valence-corrected chi connectivity index (χ3v) is 4.65. The number of piperazine rings is 1. The van der Waals surface area contributed by atoms with Crippen LogP contribution in [0, 0.1) is 5.92 Å². The highest BCUT2D eigenvalue weighted by atomic mass is 16.5. The fraction of sp³-hybridized carbons (Fsp3) is 0.875. The molecule has 1 saturated heterocycles. The molecule has 1 heterocycles. The molecule has 2 rings (SSSR count). The minimum atomic E-state index is -0.606. The third-order valence-electron chi connectivity index (χ3n) is 4.65. The maximum Gasteiger partial charge on any atom is 0.246 e. The predicted molar refractivity (Wildman–Crippen MR) is 80.8 cm³/mol. The van der Waals surface area contributed by atoms with Crippen LogP contribution in [0.25, 0.3) is 0 Å². The van der Waals surface area contributed by atoms with Gasteiger partial charge in [0, 0.05) is 13.2 Å². The van der Waals surface area contributed by atoms with E-state index in [1.807, 2.05) is 0 Å². The topological polar surface area (TPSA) is 58.6 Å². The van der Waals surface area contributed by atoms with Gasteiger partial charge >= 0.3 is 0 Å². The molecule has 5 nitrogen and oxygen atoms in total. The van der Waals surface area contributed by atoms with Gasteiger partial charge in [0.1, 0.15) is 11.6 Å². The fourth-order valence-electron chi connectivity index (χ4n) is 3.32. The molecule has 2 amide bonds. The lowest BCUT2D eigenvalue weighted by atomic mass is 9.89. The van der Waals surface area contributed by atoms with Crippen molar-refractivity contribution in [3.8, 4) is 0 Å². The molecule has 1 atom stereocenters. The molecule has 1 saturated carbocycles. The Balaban J connectivity index is 1.95. The summed E-state index contributed by atoms with van der Waals surface area (Å²) in [5.41, 5.74) is -0.606. The van der Waals surface area contributed by atoms with E-state index in [1.54, 1.807) is 11.8 Å². The molecule has 1 N–H and O–H groups in total. The highest BCUT2D eigenvalue weighted by molar-refractivity contribution is 5.99. The summed E-state index contributed by atoms with van der Waals surface area (Å²) in [6, 6.07) is -0.417. The van der Waals surface area contributed by atoms with Crippen molar-refractivity contribution >= 4 is 11.8 Å². The maximum atomic E-state index is 12.5. The van der Waals surface area contributed by atoms with Gasteiger partial charge in [0.25, 0.3) is 0 Å². The zero-order valence-corrected chi connectivity index (χ0v) is 13.5. The Labute approximate surface area is 127 Å². The molecule has 0 bridgehead atoms. The highest BCUT2D eigenvalue weighted by Crippen LogP contribution is 2.37. The van der Waals surface area contributed by atoms with Crippen molar-refractivity contribution < 1.29 is 14.3 Å². The Morgan fingerprint density at radius 2 is 1.95 bits per heavy atom. The molecule has 1 aliphatic heterocycles. The molecule has 5 heteroatoms. The van der Waals surface area contributed by atoms with Crippen LogP contribution in [0.15, 0.2) is 0 Å². The molecule has 1 spiro atoms. The van der Waals surface area contributed by atoms with E-state index in [4.69, 9.17) is 4.74 Å². The van der Waals surface area contributed by atoms with Gasteiger partial charge in [0.15, 0.2) is 0 Å². The molecule has 0 aromatic heterocycles. The average molecular weight is 296 g/mol. The van der Waals surface area contributed by atoms with E-state index >= 15 is 0 Å². The van der Waals surface area contributed by atoms with E-state index < -0.39 is 11.6 Å². The number of rotatable bonds is 6. The number of carbonyl (C=O) groups excluding carboxylic acids is 2. The first-order valence-electron chi connectivity index (χ1n) is 8.17. The molecular weight excluding hydrogens is 268 g/mol. The van der Waals surface area contributed by atoms with Crippen molar-refractivity contribution in [2.24, 2.45) is 5.92 Å². The van der Waals surface area contributed by atoms with Gasteiger partial charge in [0.05, 0.1) is 6.61 Å². The van der Waals surface area contributed by atoms with E-state index in [0.29, 0.717) is 25.7 Å². The first-order chi connectivity index (χ1) is 9.97. The van der Waals surface area contributed by atoms with Crippen LogP contribution in [0.5, 0.6) is 0 Å². The fourth-order valence-corrected chi connectivity index (χ4v) is 3.32. The molecule has 0 aromatic rings. The van der Waals surface area contributed by atoms with Crippen LogP contribution in [0.2, 0.25) is 0 Å². The van der Waals surface area contributed by atoms with E-state index in [2.05, 4.69) is 19.2 Å². The first kappa shape index (κ1) is 16.3. The normalized spacial score (nSPS) is 25.0. The summed E-state index contributed by atoms with van der Waals surface area (Å²) < 4.78 is 5.64. The van der Waals surface area contributed by atoms with Gasteiger partial charge in [-0.1, -0.05) is 26.7 Å². The molecule has 1 aliphatic carbocycles. The predicted octanol–water partition coefficient (Wildman–Crippen LogP) is 1.71. The van der Waals surface area contributed by atoms with Gasteiger partial charge < -0.3 is 15.0 Å². The molecule has 2 aliphatic rings. The number of nitrogens with zero attached hydrogens (tertiary/aromatic N) is 1. The summed E-state index contributed by atoms with van der Waals surface area (Å²) >= 11 is 0. The van der Waals surface area contributed by atoms with Crippen molar-refractivity contribution in [2.75, 3.05) is 19.8 Å². The second-order valence-electron chi connectivity index (χ2n) is 6.72. The van der Waals surface area contributed by atoms with E-state index in [-0.39, 0.29) is 11.8 Å². The van der Waals surface area contributed by atoms with Crippen LogP contribution in [-0.2, 0) is 14.3 Å². The summed E-state index contributed by atoms with van der Waals surface area (Å²) in [5, 5.41) is 2.84. The molecule has 0 aromatic carbocycles. The van der Waals surface area contributed by atoms with Crippen LogP contribution in [0.4, 0.5) is 0 Å².